The van der Waals surface area contributed by atoms with Crippen molar-refractivity contribution in [2.24, 2.45) is 0 Å². The Morgan fingerprint density at radius 2 is 2.18 bits per heavy atom. The maximum atomic E-state index is 12.3. The van der Waals surface area contributed by atoms with Crippen molar-refractivity contribution in [2.45, 2.75) is 31.8 Å². The molecule has 2 rings (SSSR count). The van der Waals surface area contributed by atoms with Crippen molar-refractivity contribution in [1.82, 2.24) is 4.90 Å². The zero-order valence-electron chi connectivity index (χ0n) is 10.2. The van der Waals surface area contributed by atoms with E-state index in [4.69, 9.17) is 0 Å². The van der Waals surface area contributed by atoms with Crippen molar-refractivity contribution in [3.8, 4) is 0 Å². The summed E-state index contributed by atoms with van der Waals surface area (Å²) < 4.78 is 0. The van der Waals surface area contributed by atoms with Crippen LogP contribution in [-0.2, 0) is 4.79 Å². The summed E-state index contributed by atoms with van der Waals surface area (Å²) in [7, 11) is 0. The first-order valence-electron chi connectivity index (χ1n) is 6.24. The molecule has 2 atom stereocenters. The molecule has 0 aromatic heterocycles. The van der Waals surface area contributed by atoms with E-state index in [1.807, 2.05) is 37.3 Å². The number of amides is 1. The van der Waals surface area contributed by atoms with Crippen LogP contribution in [-0.4, -0.2) is 35.1 Å². The summed E-state index contributed by atoms with van der Waals surface area (Å²) >= 11 is 0. The van der Waals surface area contributed by atoms with Gasteiger partial charge in [0.25, 0.3) is 0 Å². The number of β-amino-alcohol motifs (C(OH)–C–C–N with tert-alkyl or cyclic N) is 1. The molecule has 92 valence electrons. The molecule has 0 spiro atoms. The second-order valence-electron chi connectivity index (χ2n) is 4.60. The maximum Gasteiger partial charge on any atom is 0.230 e. The summed E-state index contributed by atoms with van der Waals surface area (Å²) in [5.41, 5.74) is 1.07. The Labute approximate surface area is 102 Å². The van der Waals surface area contributed by atoms with Gasteiger partial charge in [0.05, 0.1) is 12.0 Å². The van der Waals surface area contributed by atoms with Crippen LogP contribution in [0.1, 0.15) is 31.2 Å². The van der Waals surface area contributed by atoms with E-state index in [1.54, 1.807) is 4.90 Å². The molecule has 3 heteroatoms. The topological polar surface area (TPSA) is 40.5 Å². The highest BCUT2D eigenvalue weighted by atomic mass is 16.3. The van der Waals surface area contributed by atoms with Crippen LogP contribution in [0.5, 0.6) is 0 Å². The Balaban J connectivity index is 2.11. The van der Waals surface area contributed by atoms with Gasteiger partial charge >= 0.3 is 0 Å². The number of carbonyl (C=O) groups excluding carboxylic acids is 1. The van der Waals surface area contributed by atoms with Crippen molar-refractivity contribution in [3.05, 3.63) is 35.9 Å². The number of aliphatic hydroxyl groups excluding tert-OH is 1. The van der Waals surface area contributed by atoms with Gasteiger partial charge in [-0.3, -0.25) is 4.79 Å². The third kappa shape index (κ3) is 2.67. The zero-order chi connectivity index (χ0) is 12.3. The summed E-state index contributed by atoms with van der Waals surface area (Å²) in [6, 6.07) is 9.88. The minimum atomic E-state index is -0.341. The quantitative estimate of drug-likeness (QED) is 0.864. The summed E-state index contributed by atoms with van der Waals surface area (Å²) in [6.07, 6.45) is 1.17. The lowest BCUT2D eigenvalue weighted by Gasteiger charge is -2.22. The first kappa shape index (κ1) is 12.1. The predicted octanol–water partition coefficient (Wildman–Crippen LogP) is 1.77. The van der Waals surface area contributed by atoms with Gasteiger partial charge in [0, 0.05) is 13.1 Å². The van der Waals surface area contributed by atoms with Crippen molar-refractivity contribution >= 4 is 5.91 Å². The standard InChI is InChI=1S/C14H19NO2/c1-2-13(11-6-4-3-5-7-11)14(17)15-9-8-12(16)10-15/h3-7,12-13,16H,2,8-10H2,1H3/t12-,13+/m1/s1. The van der Waals surface area contributed by atoms with Gasteiger partial charge in [-0.05, 0) is 18.4 Å². The lowest BCUT2D eigenvalue weighted by molar-refractivity contribution is -0.132. The molecule has 0 radical (unpaired) electrons. The molecule has 1 aliphatic rings. The first-order valence-corrected chi connectivity index (χ1v) is 6.24. The Bertz CT molecular complexity index is 377. The molecule has 1 amide bonds. The SMILES string of the molecule is CC[C@H](C(=O)N1CC[C@@H](O)C1)c1ccccc1. The predicted molar refractivity (Wildman–Crippen MR) is 66.7 cm³/mol. The summed E-state index contributed by atoms with van der Waals surface area (Å²) in [4.78, 5) is 14.1. The molecule has 1 aliphatic heterocycles. The number of nitrogens with zero attached hydrogens (tertiary/aromatic N) is 1. The summed E-state index contributed by atoms with van der Waals surface area (Å²) in [6.45, 7) is 3.20. The molecular weight excluding hydrogens is 214 g/mol. The lowest BCUT2D eigenvalue weighted by atomic mass is 9.95. The van der Waals surface area contributed by atoms with Crippen LogP contribution in [0.4, 0.5) is 0 Å². The third-order valence-electron chi connectivity index (χ3n) is 3.38. The van der Waals surface area contributed by atoms with E-state index in [0.29, 0.717) is 19.5 Å². The largest absolute Gasteiger partial charge is 0.391 e. The molecule has 1 aromatic rings. The number of likely N-dealkylation sites (tertiary alicyclic amines) is 1. The molecule has 3 nitrogen and oxygen atoms in total. The lowest BCUT2D eigenvalue weighted by Crippen LogP contribution is -2.33. The second-order valence-corrected chi connectivity index (χ2v) is 4.60. The van der Waals surface area contributed by atoms with Crippen molar-refractivity contribution < 1.29 is 9.90 Å². The van der Waals surface area contributed by atoms with Crippen molar-refractivity contribution in [2.75, 3.05) is 13.1 Å². The number of rotatable bonds is 3. The van der Waals surface area contributed by atoms with Gasteiger partial charge in [0.2, 0.25) is 5.91 Å². The highest BCUT2D eigenvalue weighted by Gasteiger charge is 2.29. The molecule has 0 unspecified atom stereocenters. The van der Waals surface area contributed by atoms with Crippen LogP contribution < -0.4 is 0 Å². The number of aliphatic hydroxyl groups is 1. The van der Waals surface area contributed by atoms with Gasteiger partial charge < -0.3 is 10.0 Å². The van der Waals surface area contributed by atoms with Crippen LogP contribution in [0.2, 0.25) is 0 Å². The van der Waals surface area contributed by atoms with Crippen LogP contribution >= 0.6 is 0 Å². The van der Waals surface area contributed by atoms with E-state index in [2.05, 4.69) is 0 Å². The van der Waals surface area contributed by atoms with Crippen LogP contribution in [0.3, 0.4) is 0 Å². The van der Waals surface area contributed by atoms with E-state index in [0.717, 1.165) is 12.0 Å². The number of carbonyl (C=O) groups is 1. The van der Waals surface area contributed by atoms with E-state index >= 15 is 0 Å². The summed E-state index contributed by atoms with van der Waals surface area (Å²) in [5, 5.41) is 9.48. The Kier molecular flexibility index (Phi) is 3.79. The first-order chi connectivity index (χ1) is 8.22. The number of hydrogen-bond acceptors (Lipinski definition) is 2. The van der Waals surface area contributed by atoms with E-state index in [9.17, 15) is 9.90 Å². The Hall–Kier alpha value is -1.35. The molecule has 0 aliphatic carbocycles. The van der Waals surface area contributed by atoms with Gasteiger partial charge in [-0.2, -0.15) is 0 Å². The van der Waals surface area contributed by atoms with Gasteiger partial charge in [0.15, 0.2) is 0 Å². The van der Waals surface area contributed by atoms with E-state index < -0.39 is 0 Å². The zero-order valence-corrected chi connectivity index (χ0v) is 10.2. The number of hydrogen-bond donors (Lipinski definition) is 1. The maximum absolute atomic E-state index is 12.3. The molecule has 0 bridgehead atoms. The van der Waals surface area contributed by atoms with Crippen molar-refractivity contribution in [3.63, 3.8) is 0 Å². The Morgan fingerprint density at radius 1 is 1.47 bits per heavy atom. The molecule has 1 saturated heterocycles. The van der Waals surface area contributed by atoms with Gasteiger partial charge in [0.1, 0.15) is 0 Å². The smallest absolute Gasteiger partial charge is 0.230 e. The van der Waals surface area contributed by atoms with Crippen LogP contribution in [0.25, 0.3) is 0 Å². The van der Waals surface area contributed by atoms with E-state index in [1.165, 1.54) is 0 Å². The van der Waals surface area contributed by atoms with Crippen LogP contribution in [0, 0.1) is 0 Å². The third-order valence-corrected chi connectivity index (χ3v) is 3.38. The van der Waals surface area contributed by atoms with Gasteiger partial charge in [-0.25, -0.2) is 0 Å². The normalized spacial score (nSPS) is 21.5. The van der Waals surface area contributed by atoms with Crippen LogP contribution in [0.15, 0.2) is 30.3 Å². The van der Waals surface area contributed by atoms with Gasteiger partial charge in [-0.15, -0.1) is 0 Å². The molecule has 17 heavy (non-hydrogen) atoms. The fourth-order valence-electron chi connectivity index (χ4n) is 2.40. The number of benzene rings is 1. The molecule has 1 N–H and O–H groups in total. The Morgan fingerprint density at radius 3 is 2.71 bits per heavy atom. The molecular formula is C14H19NO2. The monoisotopic (exact) mass is 233 g/mol. The minimum Gasteiger partial charge on any atom is -0.391 e. The fraction of sp³-hybridized carbons (Fsp3) is 0.500. The summed E-state index contributed by atoms with van der Waals surface area (Å²) in [5.74, 6) is 0.0803. The fourth-order valence-corrected chi connectivity index (χ4v) is 2.40. The second kappa shape index (κ2) is 5.32. The van der Waals surface area contributed by atoms with Crippen molar-refractivity contribution in [1.29, 1.82) is 0 Å². The average Bonchev–Trinajstić information content (AvgIpc) is 2.78. The highest BCUT2D eigenvalue weighted by molar-refractivity contribution is 5.84. The highest BCUT2D eigenvalue weighted by Crippen LogP contribution is 2.24. The average molecular weight is 233 g/mol. The van der Waals surface area contributed by atoms with E-state index in [-0.39, 0.29) is 17.9 Å². The molecule has 1 fully saturated rings. The molecule has 1 heterocycles. The molecule has 0 saturated carbocycles. The molecule has 1 aromatic carbocycles. The van der Waals surface area contributed by atoms with Gasteiger partial charge in [-0.1, -0.05) is 37.3 Å². The minimum absolute atomic E-state index is 0.0681.